The highest BCUT2D eigenvalue weighted by Gasteiger charge is 2.13. The first-order valence-electron chi connectivity index (χ1n) is 6.25. The van der Waals surface area contributed by atoms with Crippen molar-refractivity contribution >= 4 is 11.1 Å². The molecule has 2 aromatic rings. The van der Waals surface area contributed by atoms with Crippen LogP contribution >= 0.6 is 0 Å². The summed E-state index contributed by atoms with van der Waals surface area (Å²) in [6.45, 7) is 2.65. The van der Waals surface area contributed by atoms with Gasteiger partial charge in [-0.25, -0.2) is 4.79 Å². The number of hydrogen-bond donors (Lipinski definition) is 2. The molecule has 0 bridgehead atoms. The van der Waals surface area contributed by atoms with E-state index in [1.165, 1.54) is 5.56 Å². The number of aromatic nitrogens is 1. The van der Waals surface area contributed by atoms with Crippen molar-refractivity contribution in [2.75, 3.05) is 19.7 Å². The average Bonchev–Trinajstić information content (AvgIpc) is 2.77. The van der Waals surface area contributed by atoms with E-state index in [0.29, 0.717) is 5.58 Å². The van der Waals surface area contributed by atoms with Crippen LogP contribution in [-0.4, -0.2) is 30.8 Å². The molecule has 1 saturated heterocycles. The summed E-state index contributed by atoms with van der Waals surface area (Å²) in [5.74, 6) is -0.401. The number of H-pyrrole nitrogens is 1. The number of hydrogen-bond acceptors (Lipinski definition) is 4. The maximum Gasteiger partial charge on any atom is 0.417 e. The monoisotopic (exact) mass is 248 g/mol. The zero-order valence-corrected chi connectivity index (χ0v) is 10.1. The Bertz CT molecular complexity index is 581. The van der Waals surface area contributed by atoms with Crippen LogP contribution in [0.1, 0.15) is 12.0 Å². The van der Waals surface area contributed by atoms with Gasteiger partial charge in [0.2, 0.25) is 0 Å². The second-order valence-corrected chi connectivity index (χ2v) is 4.58. The Morgan fingerprint density at radius 3 is 3.17 bits per heavy atom. The van der Waals surface area contributed by atoms with Gasteiger partial charge in [0.1, 0.15) is 0 Å². The van der Waals surface area contributed by atoms with E-state index in [1.807, 2.05) is 18.2 Å². The van der Waals surface area contributed by atoms with Gasteiger partial charge in [0.25, 0.3) is 0 Å². The molecule has 1 aromatic carbocycles. The van der Waals surface area contributed by atoms with E-state index in [4.69, 9.17) is 9.15 Å². The highest BCUT2D eigenvalue weighted by atomic mass is 16.5. The Morgan fingerprint density at radius 1 is 1.39 bits per heavy atom. The number of nitrogens with one attached hydrogen (secondary N) is 2. The number of oxazole rings is 1. The summed E-state index contributed by atoms with van der Waals surface area (Å²) in [6, 6.07) is 5.82. The Kier molecular flexibility index (Phi) is 3.17. The van der Waals surface area contributed by atoms with Crippen LogP contribution in [-0.2, 0) is 11.2 Å². The van der Waals surface area contributed by atoms with Gasteiger partial charge in [-0.15, -0.1) is 0 Å². The van der Waals surface area contributed by atoms with Crippen molar-refractivity contribution < 1.29 is 9.15 Å². The van der Waals surface area contributed by atoms with Crippen molar-refractivity contribution in [1.82, 2.24) is 10.3 Å². The van der Waals surface area contributed by atoms with Crippen molar-refractivity contribution in [2.24, 2.45) is 0 Å². The molecule has 1 aliphatic rings. The van der Waals surface area contributed by atoms with Gasteiger partial charge in [0.15, 0.2) is 5.58 Å². The van der Waals surface area contributed by atoms with Gasteiger partial charge < -0.3 is 14.5 Å². The lowest BCUT2D eigenvalue weighted by Crippen LogP contribution is -2.38. The third-order valence-electron chi connectivity index (χ3n) is 3.24. The molecule has 1 aromatic heterocycles. The minimum atomic E-state index is -0.401. The maximum atomic E-state index is 11.1. The first-order chi connectivity index (χ1) is 8.81. The molecule has 0 radical (unpaired) electrons. The molecule has 1 atom stereocenters. The lowest BCUT2D eigenvalue weighted by Gasteiger charge is -2.23. The largest absolute Gasteiger partial charge is 0.417 e. The van der Waals surface area contributed by atoms with Crippen LogP contribution in [0.25, 0.3) is 11.1 Å². The van der Waals surface area contributed by atoms with Gasteiger partial charge in [-0.1, -0.05) is 6.07 Å². The number of aromatic amines is 1. The van der Waals surface area contributed by atoms with Gasteiger partial charge >= 0.3 is 5.76 Å². The van der Waals surface area contributed by atoms with Gasteiger partial charge in [-0.2, -0.15) is 0 Å². The highest BCUT2D eigenvalue weighted by molar-refractivity contribution is 5.72. The van der Waals surface area contributed by atoms with Gasteiger partial charge in [0, 0.05) is 13.1 Å². The molecule has 1 unspecified atom stereocenters. The third kappa shape index (κ3) is 2.47. The average molecular weight is 248 g/mol. The Labute approximate surface area is 104 Å². The number of aryl methyl sites for hydroxylation is 1. The fourth-order valence-electron chi connectivity index (χ4n) is 2.28. The van der Waals surface area contributed by atoms with E-state index in [-0.39, 0.29) is 6.10 Å². The summed E-state index contributed by atoms with van der Waals surface area (Å²) < 4.78 is 10.7. The summed E-state index contributed by atoms with van der Waals surface area (Å²) in [5, 5.41) is 3.31. The van der Waals surface area contributed by atoms with E-state index in [0.717, 1.165) is 38.1 Å². The first-order valence-corrected chi connectivity index (χ1v) is 6.25. The smallest absolute Gasteiger partial charge is 0.408 e. The summed E-state index contributed by atoms with van der Waals surface area (Å²) in [5.41, 5.74) is 2.54. The van der Waals surface area contributed by atoms with Crippen LogP contribution in [0.5, 0.6) is 0 Å². The molecule has 0 saturated carbocycles. The van der Waals surface area contributed by atoms with Crippen molar-refractivity contribution in [2.45, 2.75) is 18.9 Å². The third-order valence-corrected chi connectivity index (χ3v) is 3.24. The number of ether oxygens (including phenoxy) is 1. The van der Waals surface area contributed by atoms with Gasteiger partial charge in [-0.05, 0) is 30.5 Å². The second kappa shape index (κ2) is 4.96. The first kappa shape index (κ1) is 11.5. The molecule has 3 rings (SSSR count). The predicted molar refractivity (Wildman–Crippen MR) is 67.8 cm³/mol. The Hall–Kier alpha value is -1.59. The van der Waals surface area contributed by atoms with Crippen LogP contribution < -0.4 is 11.1 Å². The molecule has 96 valence electrons. The minimum Gasteiger partial charge on any atom is -0.408 e. The molecular formula is C13H16N2O3. The molecule has 0 aliphatic carbocycles. The lowest BCUT2D eigenvalue weighted by atomic mass is 10.1. The predicted octanol–water partition coefficient (Wildman–Crippen LogP) is 1.04. The number of rotatable bonds is 3. The molecule has 1 aliphatic heterocycles. The van der Waals surface area contributed by atoms with E-state index >= 15 is 0 Å². The molecule has 18 heavy (non-hydrogen) atoms. The topological polar surface area (TPSA) is 67.3 Å². The molecule has 5 heteroatoms. The highest BCUT2D eigenvalue weighted by Crippen LogP contribution is 2.15. The van der Waals surface area contributed by atoms with Crippen molar-refractivity contribution in [3.8, 4) is 0 Å². The normalized spacial score (nSPS) is 20.3. The van der Waals surface area contributed by atoms with Gasteiger partial charge in [0.05, 0.1) is 18.2 Å². The number of morpholine rings is 1. The summed E-state index contributed by atoms with van der Waals surface area (Å²) >= 11 is 0. The fourth-order valence-corrected chi connectivity index (χ4v) is 2.28. The van der Waals surface area contributed by atoms with E-state index in [2.05, 4.69) is 10.3 Å². The zero-order valence-electron chi connectivity index (χ0n) is 10.1. The molecular weight excluding hydrogens is 232 g/mol. The summed E-state index contributed by atoms with van der Waals surface area (Å²) in [7, 11) is 0. The lowest BCUT2D eigenvalue weighted by molar-refractivity contribution is 0.0238. The van der Waals surface area contributed by atoms with E-state index in [9.17, 15) is 4.79 Å². The van der Waals surface area contributed by atoms with Crippen LogP contribution in [0.15, 0.2) is 27.4 Å². The van der Waals surface area contributed by atoms with Crippen molar-refractivity contribution in [3.63, 3.8) is 0 Å². The quantitative estimate of drug-likeness (QED) is 0.851. The standard InChI is InChI=1S/C13H16N2O3/c16-13-15-11-4-2-9(7-12(11)18-13)1-3-10-8-14-5-6-17-10/h2,4,7,10,14H,1,3,5-6,8H2,(H,15,16). The SMILES string of the molecule is O=c1[nH]c2ccc(CCC3CNCCO3)cc2o1. The van der Waals surface area contributed by atoms with Crippen LogP contribution in [0, 0.1) is 0 Å². The van der Waals surface area contributed by atoms with E-state index in [1.54, 1.807) is 0 Å². The Morgan fingerprint density at radius 2 is 2.33 bits per heavy atom. The summed E-state index contributed by atoms with van der Waals surface area (Å²) in [6.07, 6.45) is 2.19. The molecule has 0 spiro atoms. The van der Waals surface area contributed by atoms with Crippen LogP contribution in [0.2, 0.25) is 0 Å². The minimum absolute atomic E-state index is 0.285. The molecule has 2 N–H and O–H groups in total. The number of fused-ring (bicyclic) bond motifs is 1. The summed E-state index contributed by atoms with van der Waals surface area (Å²) in [4.78, 5) is 13.7. The van der Waals surface area contributed by atoms with Crippen molar-refractivity contribution in [3.05, 3.63) is 34.3 Å². The molecule has 5 nitrogen and oxygen atoms in total. The molecule has 1 fully saturated rings. The van der Waals surface area contributed by atoms with Crippen LogP contribution in [0.3, 0.4) is 0 Å². The molecule has 0 amide bonds. The maximum absolute atomic E-state index is 11.1. The Balaban J connectivity index is 1.68. The fraction of sp³-hybridized carbons (Fsp3) is 0.462. The van der Waals surface area contributed by atoms with E-state index < -0.39 is 5.76 Å². The van der Waals surface area contributed by atoms with Gasteiger partial charge in [-0.3, -0.25) is 4.98 Å². The zero-order chi connectivity index (χ0) is 12.4. The van der Waals surface area contributed by atoms with Crippen molar-refractivity contribution in [1.29, 1.82) is 0 Å². The number of benzene rings is 1. The molecule has 2 heterocycles. The second-order valence-electron chi connectivity index (χ2n) is 4.58. The van der Waals surface area contributed by atoms with Crippen LogP contribution in [0.4, 0.5) is 0 Å².